The second-order valence-corrected chi connectivity index (χ2v) is 7.40. The summed E-state index contributed by atoms with van der Waals surface area (Å²) in [7, 11) is 0. The van der Waals surface area contributed by atoms with Crippen molar-refractivity contribution in [3.8, 4) is 17.6 Å². The van der Waals surface area contributed by atoms with Crippen LogP contribution in [0.25, 0.3) is 6.08 Å². The van der Waals surface area contributed by atoms with E-state index in [9.17, 15) is 10.1 Å². The summed E-state index contributed by atoms with van der Waals surface area (Å²) in [5, 5.41) is 9.21. The Bertz CT molecular complexity index is 886. The molecule has 0 bridgehead atoms. The van der Waals surface area contributed by atoms with Crippen LogP contribution >= 0.6 is 0 Å². The fourth-order valence-corrected chi connectivity index (χ4v) is 2.59. The van der Waals surface area contributed by atoms with Crippen molar-refractivity contribution in [3.63, 3.8) is 0 Å². The zero-order valence-electron chi connectivity index (χ0n) is 17.4. The molecule has 0 aliphatic heterocycles. The molecular weight excluding hydrogens is 366 g/mol. The highest BCUT2D eigenvalue weighted by atomic mass is 16.5. The van der Waals surface area contributed by atoms with E-state index in [0.29, 0.717) is 24.5 Å². The van der Waals surface area contributed by atoms with Crippen LogP contribution in [-0.2, 0) is 14.9 Å². The van der Waals surface area contributed by atoms with E-state index < -0.39 is 5.97 Å². The van der Waals surface area contributed by atoms with Gasteiger partial charge in [-0.25, -0.2) is 4.79 Å². The molecule has 0 spiro atoms. The molecule has 5 heteroatoms. The SMILES string of the molecule is CCOC(=O)/C(C#N)=C\c1ccccc1OCCOc1ccc(C(C)(C)C)cc1. The van der Waals surface area contributed by atoms with Crippen LogP contribution in [0.15, 0.2) is 54.1 Å². The van der Waals surface area contributed by atoms with Crippen molar-refractivity contribution in [1.29, 1.82) is 5.26 Å². The molecule has 0 heterocycles. The number of benzene rings is 2. The van der Waals surface area contributed by atoms with Crippen LogP contribution < -0.4 is 9.47 Å². The third kappa shape index (κ3) is 6.69. The van der Waals surface area contributed by atoms with Gasteiger partial charge in [-0.15, -0.1) is 0 Å². The molecule has 2 rings (SSSR count). The Balaban J connectivity index is 1.96. The Morgan fingerprint density at radius 3 is 2.31 bits per heavy atom. The Morgan fingerprint density at radius 1 is 1.03 bits per heavy atom. The van der Waals surface area contributed by atoms with Crippen molar-refractivity contribution >= 4 is 12.0 Å². The number of ether oxygens (including phenoxy) is 3. The average molecular weight is 393 g/mol. The third-order valence-electron chi connectivity index (χ3n) is 4.16. The van der Waals surface area contributed by atoms with Gasteiger partial charge in [-0.1, -0.05) is 51.1 Å². The number of hydrogen-bond donors (Lipinski definition) is 0. The van der Waals surface area contributed by atoms with Gasteiger partial charge in [-0.3, -0.25) is 0 Å². The first kappa shape index (κ1) is 22.0. The maximum absolute atomic E-state index is 11.8. The van der Waals surface area contributed by atoms with Crippen LogP contribution in [0, 0.1) is 11.3 Å². The Kier molecular flexibility index (Phi) is 7.85. The molecule has 2 aromatic carbocycles. The van der Waals surface area contributed by atoms with E-state index in [0.717, 1.165) is 5.75 Å². The minimum atomic E-state index is -0.646. The predicted molar refractivity (Wildman–Crippen MR) is 113 cm³/mol. The van der Waals surface area contributed by atoms with Gasteiger partial charge >= 0.3 is 5.97 Å². The lowest BCUT2D eigenvalue weighted by Gasteiger charge is -2.19. The molecule has 0 atom stereocenters. The van der Waals surface area contributed by atoms with Gasteiger partial charge < -0.3 is 14.2 Å². The summed E-state index contributed by atoms with van der Waals surface area (Å²) < 4.78 is 16.4. The Labute approximate surface area is 172 Å². The topological polar surface area (TPSA) is 68.6 Å². The molecule has 2 aromatic rings. The van der Waals surface area contributed by atoms with Crippen LogP contribution in [0.2, 0.25) is 0 Å². The first-order chi connectivity index (χ1) is 13.8. The summed E-state index contributed by atoms with van der Waals surface area (Å²) in [6, 6.07) is 17.1. The first-order valence-corrected chi connectivity index (χ1v) is 9.59. The van der Waals surface area contributed by atoms with E-state index in [1.54, 1.807) is 19.1 Å². The highest BCUT2D eigenvalue weighted by molar-refractivity contribution is 5.98. The van der Waals surface area contributed by atoms with Crippen molar-refractivity contribution in [2.45, 2.75) is 33.1 Å². The zero-order valence-corrected chi connectivity index (χ0v) is 17.4. The molecule has 0 unspecified atom stereocenters. The lowest BCUT2D eigenvalue weighted by molar-refractivity contribution is -0.137. The molecule has 0 fully saturated rings. The summed E-state index contributed by atoms with van der Waals surface area (Å²) >= 11 is 0. The van der Waals surface area contributed by atoms with E-state index in [-0.39, 0.29) is 17.6 Å². The molecule has 0 radical (unpaired) electrons. The third-order valence-corrected chi connectivity index (χ3v) is 4.16. The zero-order chi connectivity index (χ0) is 21.3. The lowest BCUT2D eigenvalue weighted by atomic mass is 9.87. The number of esters is 1. The molecule has 0 aliphatic rings. The largest absolute Gasteiger partial charge is 0.490 e. The van der Waals surface area contributed by atoms with Crippen molar-refractivity contribution < 1.29 is 19.0 Å². The maximum Gasteiger partial charge on any atom is 0.348 e. The molecule has 0 saturated carbocycles. The van der Waals surface area contributed by atoms with Crippen LogP contribution in [0.3, 0.4) is 0 Å². The summed E-state index contributed by atoms with van der Waals surface area (Å²) in [4.78, 5) is 11.8. The van der Waals surface area contributed by atoms with Crippen molar-refractivity contribution in [2.75, 3.05) is 19.8 Å². The normalized spacial score (nSPS) is 11.5. The number of hydrogen-bond acceptors (Lipinski definition) is 5. The first-order valence-electron chi connectivity index (χ1n) is 9.59. The molecule has 0 N–H and O–H groups in total. The molecule has 0 aliphatic carbocycles. The van der Waals surface area contributed by atoms with Crippen LogP contribution in [0.1, 0.15) is 38.8 Å². The van der Waals surface area contributed by atoms with Gasteiger partial charge in [0.15, 0.2) is 0 Å². The van der Waals surface area contributed by atoms with Gasteiger partial charge in [0.2, 0.25) is 0 Å². The minimum absolute atomic E-state index is 0.0712. The van der Waals surface area contributed by atoms with Gasteiger partial charge in [-0.2, -0.15) is 5.26 Å². The monoisotopic (exact) mass is 393 g/mol. The Morgan fingerprint density at radius 2 is 1.69 bits per heavy atom. The number of nitrogens with zero attached hydrogens (tertiary/aromatic N) is 1. The summed E-state index contributed by atoms with van der Waals surface area (Å²) in [6.45, 7) is 9.11. The fraction of sp³-hybridized carbons (Fsp3) is 0.333. The smallest absolute Gasteiger partial charge is 0.348 e. The number of rotatable bonds is 8. The van der Waals surface area contributed by atoms with E-state index in [4.69, 9.17) is 14.2 Å². The average Bonchev–Trinajstić information content (AvgIpc) is 2.70. The van der Waals surface area contributed by atoms with Crippen LogP contribution in [0.5, 0.6) is 11.5 Å². The fourth-order valence-electron chi connectivity index (χ4n) is 2.59. The van der Waals surface area contributed by atoms with Crippen molar-refractivity contribution in [1.82, 2.24) is 0 Å². The van der Waals surface area contributed by atoms with Crippen molar-refractivity contribution in [2.24, 2.45) is 0 Å². The second-order valence-electron chi connectivity index (χ2n) is 7.40. The maximum atomic E-state index is 11.8. The van der Waals surface area contributed by atoms with E-state index >= 15 is 0 Å². The van der Waals surface area contributed by atoms with Gasteiger partial charge in [0.1, 0.15) is 36.4 Å². The van der Waals surface area contributed by atoms with Gasteiger partial charge in [0.25, 0.3) is 0 Å². The lowest BCUT2D eigenvalue weighted by Crippen LogP contribution is -2.12. The van der Waals surface area contributed by atoms with Gasteiger partial charge in [0, 0.05) is 5.56 Å². The number of para-hydroxylation sites is 1. The van der Waals surface area contributed by atoms with E-state index in [1.807, 2.05) is 30.3 Å². The highest BCUT2D eigenvalue weighted by Crippen LogP contribution is 2.24. The molecule has 152 valence electrons. The molecule has 0 amide bonds. The van der Waals surface area contributed by atoms with Gasteiger partial charge in [0.05, 0.1) is 6.61 Å². The van der Waals surface area contributed by atoms with Crippen LogP contribution in [-0.4, -0.2) is 25.8 Å². The summed E-state index contributed by atoms with van der Waals surface area (Å²) in [5.74, 6) is 0.701. The van der Waals surface area contributed by atoms with E-state index in [1.165, 1.54) is 11.6 Å². The molecule has 0 saturated heterocycles. The number of carbonyl (C=O) groups excluding carboxylic acids is 1. The molecule has 29 heavy (non-hydrogen) atoms. The molecular formula is C24H27NO4. The Hall–Kier alpha value is -3.26. The quantitative estimate of drug-likeness (QED) is 0.276. The van der Waals surface area contributed by atoms with Crippen molar-refractivity contribution in [3.05, 3.63) is 65.2 Å². The predicted octanol–water partition coefficient (Wildman–Crippen LogP) is 4.91. The summed E-state index contributed by atoms with van der Waals surface area (Å²) in [6.07, 6.45) is 1.47. The number of nitriles is 1. The highest BCUT2D eigenvalue weighted by Gasteiger charge is 2.13. The summed E-state index contributed by atoms with van der Waals surface area (Å²) in [5.41, 5.74) is 1.91. The number of carbonyl (C=O) groups is 1. The minimum Gasteiger partial charge on any atom is -0.490 e. The molecule has 5 nitrogen and oxygen atoms in total. The van der Waals surface area contributed by atoms with E-state index in [2.05, 4.69) is 32.9 Å². The standard InChI is InChI=1S/C24H27NO4/c1-5-27-23(26)19(17-25)16-18-8-6-7-9-22(18)29-15-14-28-21-12-10-20(11-13-21)24(2,3)4/h6-13,16H,5,14-15H2,1-4H3/b19-16-. The second kappa shape index (κ2) is 10.3. The molecule has 0 aromatic heterocycles. The van der Waals surface area contributed by atoms with Gasteiger partial charge in [-0.05, 0) is 42.2 Å². The van der Waals surface area contributed by atoms with Crippen LogP contribution in [0.4, 0.5) is 0 Å².